The number of rotatable bonds is 8. The Labute approximate surface area is 409 Å². The third-order valence-electron chi connectivity index (χ3n) is 13.7. The molecule has 0 aliphatic carbocycles. The molecule has 0 radical (unpaired) electrons. The highest BCUT2D eigenvalue weighted by atomic mass is 35.5. The fraction of sp³-hybridized carbons (Fsp3) is 0.353. The molecule has 8 aromatic heterocycles. The Bertz CT molecular complexity index is 3220. The van der Waals surface area contributed by atoms with E-state index in [1.807, 2.05) is 67.6 Å². The molecule has 13 heterocycles. The average Bonchev–Trinajstić information content (AvgIpc) is 4.20. The summed E-state index contributed by atoms with van der Waals surface area (Å²) in [6.07, 6.45) is 15.3. The molecule has 4 saturated heterocycles. The lowest BCUT2D eigenvalue weighted by Crippen LogP contribution is -2.46. The largest absolute Gasteiger partial charge is 0.480 e. The highest BCUT2D eigenvalue weighted by Gasteiger charge is 2.39. The van der Waals surface area contributed by atoms with E-state index in [0.717, 1.165) is 105 Å². The Hall–Kier alpha value is -7.28. The van der Waals surface area contributed by atoms with Crippen molar-refractivity contribution >= 4 is 50.8 Å². The molecule has 4 fully saturated rings. The first-order chi connectivity index (χ1) is 34.3. The molecule has 18 nitrogen and oxygen atoms in total. The van der Waals surface area contributed by atoms with Gasteiger partial charge in [0.25, 0.3) is 0 Å². The van der Waals surface area contributed by atoms with Crippen molar-refractivity contribution in [2.45, 2.75) is 56.4 Å². The third-order valence-corrected chi connectivity index (χ3v) is 13.9. The van der Waals surface area contributed by atoms with Gasteiger partial charge in [-0.3, -0.25) is 14.4 Å². The molecule has 8 aromatic rings. The zero-order chi connectivity index (χ0) is 47.9. The molecule has 0 amide bonds. The normalized spacial score (nSPS) is 19.8. The first-order valence-electron chi connectivity index (χ1n) is 23.4. The van der Waals surface area contributed by atoms with Crippen LogP contribution in [0.1, 0.15) is 42.4 Å². The topological polar surface area (TPSA) is 178 Å². The summed E-state index contributed by atoms with van der Waals surface area (Å²) in [5, 5.41) is 11.5. The van der Waals surface area contributed by atoms with Crippen LogP contribution in [0.3, 0.4) is 0 Å². The van der Waals surface area contributed by atoms with Gasteiger partial charge in [0.15, 0.2) is 0 Å². The van der Waals surface area contributed by atoms with Crippen LogP contribution in [0.25, 0.3) is 44.3 Å². The van der Waals surface area contributed by atoms with Crippen LogP contribution in [0, 0.1) is 0 Å². The fourth-order valence-electron chi connectivity index (χ4n) is 10.5. The number of halogens is 1. The maximum atomic E-state index is 5.93. The molecule has 0 spiro atoms. The zero-order valence-corrected chi connectivity index (χ0v) is 40.3. The lowest BCUT2D eigenvalue weighted by Gasteiger charge is -2.35. The van der Waals surface area contributed by atoms with Gasteiger partial charge in [-0.25, -0.2) is 29.9 Å². The lowest BCUT2D eigenvalue weighted by atomic mass is 10.0. The molecule has 19 heteroatoms. The zero-order valence-electron chi connectivity index (χ0n) is 39.6. The minimum atomic E-state index is 0.424. The van der Waals surface area contributed by atoms with Gasteiger partial charge in [-0.2, -0.15) is 10.2 Å². The number of morpholine rings is 2. The summed E-state index contributed by atoms with van der Waals surface area (Å²) >= 11 is 5.93. The van der Waals surface area contributed by atoms with E-state index in [-0.39, 0.29) is 0 Å². The number of pyridine rings is 6. The van der Waals surface area contributed by atoms with Crippen LogP contribution in [0.15, 0.2) is 96.8 Å². The Morgan fingerprint density at radius 2 is 0.971 bits per heavy atom. The number of ether oxygens (including phenoxy) is 5. The predicted octanol–water partition coefficient (Wildman–Crippen LogP) is 7.30. The van der Waals surface area contributed by atoms with E-state index < -0.39 is 0 Å². The molecule has 4 atom stereocenters. The number of aliphatic imine (C=N–C) groups is 1. The molecule has 358 valence electrons. The van der Waals surface area contributed by atoms with Gasteiger partial charge in [0, 0.05) is 68.0 Å². The first kappa shape index (κ1) is 45.2. The molecule has 70 heavy (non-hydrogen) atoms. The van der Waals surface area contributed by atoms with E-state index >= 15 is 0 Å². The van der Waals surface area contributed by atoms with Crippen molar-refractivity contribution in [2.24, 2.45) is 19.1 Å². The van der Waals surface area contributed by atoms with Crippen molar-refractivity contribution in [1.82, 2.24) is 49.5 Å². The third kappa shape index (κ3) is 8.28. The van der Waals surface area contributed by atoms with Crippen molar-refractivity contribution in [2.75, 3.05) is 57.6 Å². The van der Waals surface area contributed by atoms with Gasteiger partial charge < -0.3 is 33.5 Å². The SMILES string of the molecule is COc1nccc2c1C(c1ccnc(N3C4CCC3COC4)c1)=NC2.COc1nccc2c1c(-c1ccnc(Cl)c1)nn2C.COc1nccc2c1c(-c1ccnc(N3C4CCC3COC4)c1)nn2C. The Morgan fingerprint density at radius 3 is 1.49 bits per heavy atom. The summed E-state index contributed by atoms with van der Waals surface area (Å²) in [5.74, 6) is 3.80. The van der Waals surface area contributed by atoms with Gasteiger partial charge in [0.05, 0.1) is 112 Å². The molecule has 5 aliphatic rings. The number of anilines is 2. The minimum Gasteiger partial charge on any atom is -0.480 e. The standard InChI is InChI=1S/C19H21N5O2.C19H20N4O2.C13H11ClN4O/c1-23-15-6-8-21-19(25-2)17(15)18(22-23)12-5-7-20-16(9-12)24-13-3-4-14(24)11-26-10-13;1-24-19-17-13(5-7-21-19)9-22-18(17)12-4-6-20-16(8-12)23-14-2-3-15(23)11-25-10-14;1-18-9-4-6-16-13(19-2)11(9)12(17-18)8-3-5-15-10(14)7-8/h5-9,13-14H,3-4,10-11H2,1-2H3;4-8,14-15H,2-3,9-11H2,1H3;3-7H,1-2H3. The maximum Gasteiger partial charge on any atom is 0.224 e. The van der Waals surface area contributed by atoms with E-state index in [1.165, 1.54) is 25.7 Å². The molecule has 5 aliphatic heterocycles. The van der Waals surface area contributed by atoms with Crippen LogP contribution < -0.4 is 24.0 Å². The number of hydrogen-bond donors (Lipinski definition) is 0. The summed E-state index contributed by atoms with van der Waals surface area (Å²) in [6, 6.07) is 19.5. The number of aryl methyl sites for hydroxylation is 2. The van der Waals surface area contributed by atoms with Crippen molar-refractivity contribution in [3.63, 3.8) is 0 Å². The highest BCUT2D eigenvalue weighted by molar-refractivity contribution is 6.29. The second-order valence-electron chi connectivity index (χ2n) is 17.7. The van der Waals surface area contributed by atoms with E-state index in [9.17, 15) is 0 Å². The molecular weight excluding hydrogens is 910 g/mol. The number of aromatic nitrogens is 10. The minimum absolute atomic E-state index is 0.424. The quantitative estimate of drug-likeness (QED) is 0.139. The molecule has 13 rings (SSSR count). The summed E-state index contributed by atoms with van der Waals surface area (Å²) in [5.41, 5.74) is 9.70. The molecule has 4 unspecified atom stereocenters. The second-order valence-corrected chi connectivity index (χ2v) is 18.1. The number of nitrogens with zero attached hydrogens (tertiary/aromatic N) is 13. The van der Waals surface area contributed by atoms with Crippen molar-refractivity contribution in [1.29, 1.82) is 0 Å². The van der Waals surface area contributed by atoms with Gasteiger partial charge in [0.1, 0.15) is 28.2 Å². The average molecular weight is 963 g/mol. The maximum absolute atomic E-state index is 5.93. The van der Waals surface area contributed by atoms with Gasteiger partial charge in [0.2, 0.25) is 17.6 Å². The second kappa shape index (κ2) is 19.3. The van der Waals surface area contributed by atoms with Crippen LogP contribution >= 0.6 is 11.6 Å². The van der Waals surface area contributed by atoms with Gasteiger partial charge in [-0.15, -0.1) is 0 Å². The van der Waals surface area contributed by atoms with Gasteiger partial charge in [-0.05, 0) is 85.8 Å². The van der Waals surface area contributed by atoms with Crippen LogP contribution in [0.5, 0.6) is 17.6 Å². The summed E-state index contributed by atoms with van der Waals surface area (Å²) in [6.45, 7) is 3.83. The van der Waals surface area contributed by atoms with Crippen LogP contribution in [-0.2, 0) is 30.1 Å². The number of fused-ring (bicyclic) bond motifs is 7. The summed E-state index contributed by atoms with van der Waals surface area (Å²) in [4.78, 5) is 35.8. The Morgan fingerprint density at radius 1 is 0.529 bits per heavy atom. The smallest absolute Gasteiger partial charge is 0.224 e. The van der Waals surface area contributed by atoms with Crippen LogP contribution in [0.2, 0.25) is 5.15 Å². The number of methoxy groups -OCH3 is 3. The molecule has 0 aromatic carbocycles. The van der Waals surface area contributed by atoms with Crippen molar-refractivity contribution in [3.05, 3.63) is 114 Å². The fourth-order valence-corrected chi connectivity index (χ4v) is 10.7. The first-order valence-corrected chi connectivity index (χ1v) is 23.7. The van der Waals surface area contributed by atoms with E-state index in [2.05, 4.69) is 56.9 Å². The predicted molar refractivity (Wildman–Crippen MR) is 266 cm³/mol. The van der Waals surface area contributed by atoms with Gasteiger partial charge >= 0.3 is 0 Å². The molecular formula is C51H52ClN13O5. The van der Waals surface area contributed by atoms with Gasteiger partial charge in [-0.1, -0.05) is 11.6 Å². The molecule has 0 N–H and O–H groups in total. The Kier molecular flexibility index (Phi) is 12.4. The molecule has 0 saturated carbocycles. The van der Waals surface area contributed by atoms with Crippen molar-refractivity contribution < 1.29 is 23.7 Å². The van der Waals surface area contributed by atoms with Crippen LogP contribution in [-0.4, -0.2) is 127 Å². The highest BCUT2D eigenvalue weighted by Crippen LogP contribution is 2.39. The summed E-state index contributed by atoms with van der Waals surface area (Å²) in [7, 11) is 8.71. The Balaban J connectivity index is 0.000000116. The molecule has 4 bridgehead atoms. The van der Waals surface area contributed by atoms with Crippen LogP contribution in [0.4, 0.5) is 11.6 Å². The number of hydrogen-bond acceptors (Lipinski definition) is 16. The van der Waals surface area contributed by atoms with E-state index in [1.54, 1.807) is 56.9 Å². The van der Waals surface area contributed by atoms with E-state index in [0.29, 0.717) is 53.5 Å². The summed E-state index contributed by atoms with van der Waals surface area (Å²) < 4.78 is 31.3. The lowest BCUT2D eigenvalue weighted by molar-refractivity contribution is 0.0902. The monoisotopic (exact) mass is 961 g/mol. The van der Waals surface area contributed by atoms with E-state index in [4.69, 9.17) is 45.4 Å². The van der Waals surface area contributed by atoms with Crippen molar-refractivity contribution in [3.8, 4) is 40.2 Å².